The standard InChI is InChI=1S/C17H17BrClN/c18-15-9-8-14(12-19)17(11-15)20-10-4-3-6-13-5-1-2-7-16(13)20/h1-2,5,7-9,11H,3-4,6,10,12H2. The van der Waals surface area contributed by atoms with Crippen LogP contribution in [0.1, 0.15) is 24.0 Å². The third kappa shape index (κ3) is 2.72. The number of anilines is 2. The molecule has 2 aromatic rings. The summed E-state index contributed by atoms with van der Waals surface area (Å²) < 4.78 is 1.10. The predicted octanol–water partition coefficient (Wildman–Crippen LogP) is 5.66. The Morgan fingerprint density at radius 1 is 1.05 bits per heavy atom. The van der Waals surface area contributed by atoms with E-state index in [1.54, 1.807) is 0 Å². The smallest absolute Gasteiger partial charge is 0.0494 e. The van der Waals surface area contributed by atoms with Gasteiger partial charge in [-0.15, -0.1) is 11.6 Å². The summed E-state index contributed by atoms with van der Waals surface area (Å²) >= 11 is 9.71. The lowest BCUT2D eigenvalue weighted by Gasteiger charge is -2.27. The van der Waals surface area contributed by atoms with Gasteiger partial charge in [0, 0.05) is 28.3 Å². The highest BCUT2D eigenvalue weighted by Gasteiger charge is 2.18. The SMILES string of the molecule is ClCc1ccc(Br)cc1N1CCCCc2ccccc21. The van der Waals surface area contributed by atoms with Crippen LogP contribution >= 0.6 is 27.5 Å². The molecule has 1 aliphatic rings. The largest absolute Gasteiger partial charge is 0.341 e. The first-order chi connectivity index (χ1) is 9.79. The van der Waals surface area contributed by atoms with Crippen molar-refractivity contribution in [2.75, 3.05) is 11.4 Å². The number of aryl methyl sites for hydroxylation is 1. The number of hydrogen-bond acceptors (Lipinski definition) is 1. The Bertz CT molecular complexity index is 612. The van der Waals surface area contributed by atoms with E-state index in [1.165, 1.54) is 35.3 Å². The maximum absolute atomic E-state index is 6.13. The Morgan fingerprint density at radius 3 is 2.75 bits per heavy atom. The van der Waals surface area contributed by atoms with Crippen molar-refractivity contribution in [3.8, 4) is 0 Å². The number of para-hydroxylation sites is 1. The van der Waals surface area contributed by atoms with E-state index in [-0.39, 0.29) is 0 Å². The van der Waals surface area contributed by atoms with Crippen molar-refractivity contribution in [3.05, 3.63) is 58.1 Å². The van der Waals surface area contributed by atoms with Gasteiger partial charge in [-0.2, -0.15) is 0 Å². The molecule has 0 atom stereocenters. The molecular weight excluding hydrogens is 334 g/mol. The first kappa shape index (κ1) is 14.0. The second-order valence-corrected chi connectivity index (χ2v) is 6.33. The molecule has 0 amide bonds. The lowest BCUT2D eigenvalue weighted by Crippen LogP contribution is -2.19. The summed E-state index contributed by atoms with van der Waals surface area (Å²) in [6.45, 7) is 1.05. The van der Waals surface area contributed by atoms with Crippen LogP contribution in [0.25, 0.3) is 0 Å². The Labute approximate surface area is 133 Å². The lowest BCUT2D eigenvalue weighted by molar-refractivity contribution is 0.760. The normalized spacial score (nSPS) is 14.8. The second-order valence-electron chi connectivity index (χ2n) is 5.14. The molecule has 104 valence electrons. The summed E-state index contributed by atoms with van der Waals surface area (Å²) in [5.74, 6) is 0.543. The molecule has 0 spiro atoms. The van der Waals surface area contributed by atoms with Gasteiger partial charge in [-0.3, -0.25) is 0 Å². The third-order valence-corrected chi connectivity index (χ3v) is 4.62. The van der Waals surface area contributed by atoms with E-state index in [9.17, 15) is 0 Å². The molecule has 0 aromatic heterocycles. The molecule has 0 aliphatic carbocycles. The number of benzene rings is 2. The molecule has 0 saturated heterocycles. The van der Waals surface area contributed by atoms with Crippen LogP contribution in [0.4, 0.5) is 11.4 Å². The quantitative estimate of drug-likeness (QED) is 0.631. The molecular formula is C17H17BrClN. The van der Waals surface area contributed by atoms with Crippen LogP contribution < -0.4 is 4.90 Å². The molecule has 0 saturated carbocycles. The molecule has 1 nitrogen and oxygen atoms in total. The topological polar surface area (TPSA) is 3.24 Å². The molecule has 1 heterocycles. The van der Waals surface area contributed by atoms with Gasteiger partial charge in [-0.05, 0) is 48.6 Å². The van der Waals surface area contributed by atoms with Gasteiger partial charge in [-0.1, -0.05) is 40.2 Å². The first-order valence-electron chi connectivity index (χ1n) is 6.99. The molecule has 20 heavy (non-hydrogen) atoms. The number of fused-ring (bicyclic) bond motifs is 1. The molecule has 0 bridgehead atoms. The van der Waals surface area contributed by atoms with Crippen LogP contribution in [0.2, 0.25) is 0 Å². The highest BCUT2D eigenvalue weighted by molar-refractivity contribution is 9.10. The summed E-state index contributed by atoms with van der Waals surface area (Å²) in [5.41, 5.74) is 5.18. The van der Waals surface area contributed by atoms with Crippen molar-refractivity contribution in [3.63, 3.8) is 0 Å². The van der Waals surface area contributed by atoms with Gasteiger partial charge in [0.1, 0.15) is 0 Å². The minimum atomic E-state index is 0.543. The maximum atomic E-state index is 6.13. The van der Waals surface area contributed by atoms with Crippen molar-refractivity contribution >= 4 is 38.9 Å². The average molecular weight is 351 g/mol. The highest BCUT2D eigenvalue weighted by atomic mass is 79.9. The molecule has 0 fully saturated rings. The highest BCUT2D eigenvalue weighted by Crippen LogP contribution is 2.36. The summed E-state index contributed by atoms with van der Waals surface area (Å²) in [7, 11) is 0. The fourth-order valence-electron chi connectivity index (χ4n) is 2.84. The van der Waals surface area contributed by atoms with Gasteiger partial charge in [0.2, 0.25) is 0 Å². The minimum Gasteiger partial charge on any atom is -0.341 e. The molecule has 3 heteroatoms. The van der Waals surface area contributed by atoms with Crippen LogP contribution in [0.3, 0.4) is 0 Å². The maximum Gasteiger partial charge on any atom is 0.0494 e. The summed E-state index contributed by atoms with van der Waals surface area (Å²) in [4.78, 5) is 2.42. The van der Waals surface area contributed by atoms with Crippen molar-refractivity contribution in [2.45, 2.75) is 25.1 Å². The van der Waals surface area contributed by atoms with Gasteiger partial charge in [-0.25, -0.2) is 0 Å². The zero-order valence-electron chi connectivity index (χ0n) is 11.3. The van der Waals surface area contributed by atoms with Crippen LogP contribution in [0, 0.1) is 0 Å². The number of rotatable bonds is 2. The Kier molecular flexibility index (Phi) is 4.32. The predicted molar refractivity (Wildman–Crippen MR) is 90.1 cm³/mol. The lowest BCUT2D eigenvalue weighted by atomic mass is 10.1. The van der Waals surface area contributed by atoms with Crippen LogP contribution in [0.5, 0.6) is 0 Å². The van der Waals surface area contributed by atoms with E-state index in [0.717, 1.165) is 17.4 Å². The molecule has 3 rings (SSSR count). The number of nitrogens with zero attached hydrogens (tertiary/aromatic N) is 1. The Morgan fingerprint density at radius 2 is 1.90 bits per heavy atom. The Balaban J connectivity index is 2.12. The van der Waals surface area contributed by atoms with Crippen molar-refractivity contribution < 1.29 is 0 Å². The fourth-order valence-corrected chi connectivity index (χ4v) is 3.42. The molecule has 0 N–H and O–H groups in total. The zero-order chi connectivity index (χ0) is 13.9. The number of alkyl halides is 1. The van der Waals surface area contributed by atoms with Crippen molar-refractivity contribution in [2.24, 2.45) is 0 Å². The van der Waals surface area contributed by atoms with E-state index in [2.05, 4.69) is 63.3 Å². The van der Waals surface area contributed by atoms with Gasteiger partial charge in [0.05, 0.1) is 0 Å². The van der Waals surface area contributed by atoms with Crippen LogP contribution in [-0.2, 0) is 12.3 Å². The minimum absolute atomic E-state index is 0.543. The van der Waals surface area contributed by atoms with E-state index in [1.807, 2.05) is 0 Å². The molecule has 2 aromatic carbocycles. The summed E-state index contributed by atoms with van der Waals surface area (Å²) in [6.07, 6.45) is 3.62. The van der Waals surface area contributed by atoms with Gasteiger partial charge >= 0.3 is 0 Å². The van der Waals surface area contributed by atoms with E-state index in [4.69, 9.17) is 11.6 Å². The Hall–Kier alpha value is -0.990. The van der Waals surface area contributed by atoms with E-state index in [0.29, 0.717) is 5.88 Å². The number of hydrogen-bond donors (Lipinski definition) is 0. The van der Waals surface area contributed by atoms with Gasteiger partial charge < -0.3 is 4.90 Å². The van der Waals surface area contributed by atoms with Crippen molar-refractivity contribution in [1.82, 2.24) is 0 Å². The zero-order valence-corrected chi connectivity index (χ0v) is 13.6. The summed E-state index contributed by atoms with van der Waals surface area (Å²) in [6, 6.07) is 15.1. The van der Waals surface area contributed by atoms with Crippen LogP contribution in [-0.4, -0.2) is 6.54 Å². The van der Waals surface area contributed by atoms with Crippen molar-refractivity contribution in [1.29, 1.82) is 0 Å². The van der Waals surface area contributed by atoms with Crippen LogP contribution in [0.15, 0.2) is 46.9 Å². The first-order valence-corrected chi connectivity index (χ1v) is 8.32. The van der Waals surface area contributed by atoms with Gasteiger partial charge in [0.25, 0.3) is 0 Å². The van der Waals surface area contributed by atoms with E-state index < -0.39 is 0 Å². The monoisotopic (exact) mass is 349 g/mol. The third-order valence-electron chi connectivity index (χ3n) is 3.84. The van der Waals surface area contributed by atoms with E-state index >= 15 is 0 Å². The average Bonchev–Trinajstić information content (AvgIpc) is 2.69. The number of halogens is 2. The fraction of sp³-hybridized carbons (Fsp3) is 0.294. The molecule has 1 aliphatic heterocycles. The van der Waals surface area contributed by atoms with Gasteiger partial charge in [0.15, 0.2) is 0 Å². The molecule has 0 radical (unpaired) electrons. The second kappa shape index (κ2) is 6.19. The molecule has 0 unspecified atom stereocenters. The summed E-state index contributed by atoms with van der Waals surface area (Å²) in [5, 5.41) is 0.